The van der Waals surface area contributed by atoms with E-state index in [1.807, 2.05) is 12.1 Å². The lowest BCUT2D eigenvalue weighted by Crippen LogP contribution is -2.46. The summed E-state index contributed by atoms with van der Waals surface area (Å²) in [4.78, 5) is 34.9. The highest BCUT2D eigenvalue weighted by Crippen LogP contribution is 2.10. The van der Waals surface area contributed by atoms with E-state index in [0.29, 0.717) is 31.4 Å². The summed E-state index contributed by atoms with van der Waals surface area (Å²) in [5.41, 5.74) is 1.52. The monoisotopic (exact) mass is 318 g/mol. The molecule has 2 N–H and O–H groups in total. The molecule has 1 atom stereocenters. The van der Waals surface area contributed by atoms with Crippen molar-refractivity contribution in [1.82, 2.24) is 10.6 Å². The Morgan fingerprint density at radius 3 is 2.70 bits per heavy atom. The third-order valence-electron chi connectivity index (χ3n) is 3.89. The molecule has 1 aromatic carbocycles. The quantitative estimate of drug-likeness (QED) is 0.799. The molecule has 1 heterocycles. The van der Waals surface area contributed by atoms with Crippen LogP contribution in [0.1, 0.15) is 41.6 Å². The highest BCUT2D eigenvalue weighted by Gasteiger charge is 2.22. The Labute approximate surface area is 135 Å². The van der Waals surface area contributed by atoms with Crippen molar-refractivity contribution in [3.8, 4) is 0 Å². The molecule has 23 heavy (non-hydrogen) atoms. The summed E-state index contributed by atoms with van der Waals surface area (Å²) >= 11 is 0. The van der Waals surface area contributed by atoms with Gasteiger partial charge in [-0.15, -0.1) is 0 Å². The second kappa shape index (κ2) is 8.31. The first-order chi connectivity index (χ1) is 11.1. The zero-order valence-corrected chi connectivity index (χ0v) is 13.3. The fraction of sp³-hybridized carbons (Fsp3) is 0.471. The maximum absolute atomic E-state index is 12.1. The predicted octanol–water partition coefficient (Wildman–Crippen LogP) is 1.19. The molecule has 6 nitrogen and oxygen atoms in total. The van der Waals surface area contributed by atoms with E-state index in [9.17, 15) is 14.4 Å². The number of ether oxygens (including phenoxy) is 1. The second-order valence-electron chi connectivity index (χ2n) is 5.60. The van der Waals surface area contributed by atoms with E-state index >= 15 is 0 Å². The second-order valence-corrected chi connectivity index (χ2v) is 5.60. The lowest BCUT2D eigenvalue weighted by atomic mass is 10.1. The summed E-state index contributed by atoms with van der Waals surface area (Å²) < 4.78 is 4.64. The maximum Gasteiger partial charge on any atom is 0.337 e. The van der Waals surface area contributed by atoms with Crippen LogP contribution in [-0.2, 0) is 20.7 Å². The number of hydrogen-bond donors (Lipinski definition) is 2. The van der Waals surface area contributed by atoms with Gasteiger partial charge in [0.1, 0.15) is 6.04 Å². The molecule has 2 amide bonds. The van der Waals surface area contributed by atoms with Crippen LogP contribution in [0.4, 0.5) is 0 Å². The lowest BCUT2D eigenvalue weighted by Gasteiger charge is -2.15. The summed E-state index contributed by atoms with van der Waals surface area (Å²) in [6, 6.07) is 6.66. The van der Waals surface area contributed by atoms with Gasteiger partial charge in [0.15, 0.2) is 0 Å². The van der Waals surface area contributed by atoms with Gasteiger partial charge < -0.3 is 15.4 Å². The van der Waals surface area contributed by atoms with Crippen LogP contribution in [0.3, 0.4) is 0 Å². The normalized spacial score (nSPS) is 17.8. The minimum absolute atomic E-state index is 0.0546. The third-order valence-corrected chi connectivity index (χ3v) is 3.89. The summed E-state index contributed by atoms with van der Waals surface area (Å²) in [5.74, 6) is -0.554. The molecule has 1 unspecified atom stereocenters. The summed E-state index contributed by atoms with van der Waals surface area (Å²) in [5, 5.41) is 5.60. The maximum atomic E-state index is 12.1. The zero-order chi connectivity index (χ0) is 16.7. The Balaban J connectivity index is 1.78. The van der Waals surface area contributed by atoms with E-state index in [-0.39, 0.29) is 17.8 Å². The minimum Gasteiger partial charge on any atom is -0.465 e. The number of nitrogens with one attached hydrogen (secondary N) is 2. The number of hydrogen-bond acceptors (Lipinski definition) is 4. The van der Waals surface area contributed by atoms with E-state index in [1.165, 1.54) is 7.11 Å². The SMILES string of the molecule is COC(=O)c1ccc(CCNC(=O)C2CCCCC(=O)N2)cc1. The lowest BCUT2D eigenvalue weighted by molar-refractivity contribution is -0.128. The van der Waals surface area contributed by atoms with Gasteiger partial charge in [-0.1, -0.05) is 18.6 Å². The van der Waals surface area contributed by atoms with Gasteiger partial charge in [0.25, 0.3) is 0 Å². The minimum atomic E-state index is -0.424. The van der Waals surface area contributed by atoms with Crippen molar-refractivity contribution < 1.29 is 19.1 Å². The molecular weight excluding hydrogens is 296 g/mol. The van der Waals surface area contributed by atoms with Gasteiger partial charge in [-0.25, -0.2) is 4.79 Å². The van der Waals surface area contributed by atoms with Crippen molar-refractivity contribution in [3.63, 3.8) is 0 Å². The zero-order valence-electron chi connectivity index (χ0n) is 13.3. The van der Waals surface area contributed by atoms with E-state index in [2.05, 4.69) is 15.4 Å². The summed E-state index contributed by atoms with van der Waals surface area (Å²) in [6.45, 7) is 0.489. The Morgan fingerprint density at radius 2 is 2.00 bits per heavy atom. The predicted molar refractivity (Wildman–Crippen MR) is 84.9 cm³/mol. The molecule has 0 aromatic heterocycles. The van der Waals surface area contributed by atoms with Crippen LogP contribution in [0.15, 0.2) is 24.3 Å². The first kappa shape index (κ1) is 17.0. The standard InChI is InChI=1S/C17H22N2O4/c1-23-17(22)13-8-6-12(7-9-13)10-11-18-16(21)14-4-2-3-5-15(20)19-14/h6-9,14H,2-5,10-11H2,1H3,(H,18,21)(H,19,20). The Bertz CT molecular complexity index is 568. The van der Waals surface area contributed by atoms with E-state index in [1.54, 1.807) is 12.1 Å². The van der Waals surface area contributed by atoms with Crippen LogP contribution in [0.2, 0.25) is 0 Å². The number of esters is 1. The van der Waals surface area contributed by atoms with Crippen LogP contribution in [-0.4, -0.2) is 37.5 Å². The van der Waals surface area contributed by atoms with Crippen molar-refractivity contribution in [2.75, 3.05) is 13.7 Å². The van der Waals surface area contributed by atoms with Crippen LogP contribution in [0.5, 0.6) is 0 Å². The molecule has 0 spiro atoms. The van der Waals surface area contributed by atoms with Crippen LogP contribution < -0.4 is 10.6 Å². The Morgan fingerprint density at radius 1 is 1.26 bits per heavy atom. The average molecular weight is 318 g/mol. The van der Waals surface area contributed by atoms with E-state index in [4.69, 9.17) is 0 Å². The van der Waals surface area contributed by atoms with E-state index < -0.39 is 6.04 Å². The number of methoxy groups -OCH3 is 1. The van der Waals surface area contributed by atoms with Gasteiger partial charge >= 0.3 is 5.97 Å². The summed E-state index contributed by atoms with van der Waals surface area (Å²) in [6.07, 6.45) is 3.56. The molecule has 1 saturated heterocycles. The topological polar surface area (TPSA) is 84.5 Å². The molecule has 1 aliphatic heterocycles. The van der Waals surface area contributed by atoms with Gasteiger partial charge in [-0.3, -0.25) is 9.59 Å². The van der Waals surface area contributed by atoms with Gasteiger partial charge in [-0.05, 0) is 37.0 Å². The van der Waals surface area contributed by atoms with Crippen molar-refractivity contribution in [3.05, 3.63) is 35.4 Å². The highest BCUT2D eigenvalue weighted by molar-refractivity contribution is 5.89. The first-order valence-corrected chi connectivity index (χ1v) is 7.84. The molecular formula is C17H22N2O4. The van der Waals surface area contributed by atoms with Gasteiger partial charge in [0, 0.05) is 13.0 Å². The van der Waals surface area contributed by atoms with Crippen LogP contribution >= 0.6 is 0 Å². The molecule has 1 fully saturated rings. The van der Waals surface area contributed by atoms with E-state index in [0.717, 1.165) is 18.4 Å². The number of carbonyl (C=O) groups excluding carboxylic acids is 3. The first-order valence-electron chi connectivity index (χ1n) is 7.84. The van der Waals surface area contributed by atoms with Crippen molar-refractivity contribution in [2.45, 2.75) is 38.1 Å². The largest absolute Gasteiger partial charge is 0.465 e. The van der Waals surface area contributed by atoms with Gasteiger partial charge in [-0.2, -0.15) is 0 Å². The molecule has 1 aromatic rings. The number of amides is 2. The highest BCUT2D eigenvalue weighted by atomic mass is 16.5. The molecule has 1 aliphatic rings. The van der Waals surface area contributed by atoms with Crippen molar-refractivity contribution >= 4 is 17.8 Å². The molecule has 2 rings (SSSR count). The van der Waals surface area contributed by atoms with Crippen LogP contribution in [0.25, 0.3) is 0 Å². The molecule has 0 bridgehead atoms. The fourth-order valence-electron chi connectivity index (χ4n) is 2.55. The summed E-state index contributed by atoms with van der Waals surface area (Å²) in [7, 11) is 1.35. The average Bonchev–Trinajstić information content (AvgIpc) is 2.79. The molecule has 0 aliphatic carbocycles. The van der Waals surface area contributed by atoms with Gasteiger partial charge in [0.05, 0.1) is 12.7 Å². The van der Waals surface area contributed by atoms with Crippen molar-refractivity contribution in [1.29, 1.82) is 0 Å². The molecule has 0 radical (unpaired) electrons. The number of benzene rings is 1. The Hall–Kier alpha value is -2.37. The third kappa shape index (κ3) is 5.09. The number of carbonyl (C=O) groups is 3. The molecule has 124 valence electrons. The fourth-order valence-corrected chi connectivity index (χ4v) is 2.55. The molecule has 6 heteroatoms. The Kier molecular flexibility index (Phi) is 6.14. The molecule has 0 saturated carbocycles. The smallest absolute Gasteiger partial charge is 0.337 e. The number of rotatable bonds is 5. The van der Waals surface area contributed by atoms with Crippen molar-refractivity contribution in [2.24, 2.45) is 0 Å². The van der Waals surface area contributed by atoms with Crippen LogP contribution in [0, 0.1) is 0 Å². The van der Waals surface area contributed by atoms with Gasteiger partial charge in [0.2, 0.25) is 11.8 Å².